The van der Waals surface area contributed by atoms with Crippen LogP contribution in [0.25, 0.3) is 0 Å². The second-order valence-corrected chi connectivity index (χ2v) is 5.41. The Kier molecular flexibility index (Phi) is 6.31. The van der Waals surface area contributed by atoms with Crippen molar-refractivity contribution >= 4 is 11.9 Å². The first-order valence-electron chi connectivity index (χ1n) is 7.74. The van der Waals surface area contributed by atoms with E-state index < -0.39 is 23.1 Å². The lowest BCUT2D eigenvalue weighted by atomic mass is 10.3. The van der Waals surface area contributed by atoms with Gasteiger partial charge in [0.2, 0.25) is 0 Å². The van der Waals surface area contributed by atoms with E-state index in [-0.39, 0.29) is 25.5 Å². The predicted octanol–water partition coefficient (Wildman–Crippen LogP) is -0.678. The van der Waals surface area contributed by atoms with Gasteiger partial charge in [-0.1, -0.05) is 18.2 Å². The van der Waals surface area contributed by atoms with E-state index in [9.17, 15) is 19.2 Å². The first kappa shape index (κ1) is 19.0. The summed E-state index contributed by atoms with van der Waals surface area (Å²) < 4.78 is 12.4. The normalized spacial score (nSPS) is 10.2. The van der Waals surface area contributed by atoms with Gasteiger partial charge in [0.15, 0.2) is 6.61 Å². The van der Waals surface area contributed by atoms with Crippen molar-refractivity contribution < 1.29 is 19.1 Å². The van der Waals surface area contributed by atoms with E-state index in [0.717, 1.165) is 4.57 Å². The molecule has 2 rings (SSSR count). The maximum absolute atomic E-state index is 11.8. The highest BCUT2D eigenvalue weighted by Gasteiger charge is 2.10. The quantitative estimate of drug-likeness (QED) is 0.655. The topological polar surface area (TPSA) is 109 Å². The van der Waals surface area contributed by atoms with Gasteiger partial charge in [-0.15, -0.1) is 0 Å². The molecule has 0 saturated heterocycles. The molecule has 0 fully saturated rings. The van der Waals surface area contributed by atoms with Crippen LogP contribution in [0.15, 0.2) is 46.0 Å². The number of benzene rings is 1. The molecule has 9 heteroatoms. The molecular formula is C17H19N3O6. The first-order chi connectivity index (χ1) is 12.4. The molecule has 1 aromatic heterocycles. The highest BCUT2D eigenvalue weighted by Crippen LogP contribution is 2.07. The molecule has 0 aliphatic heterocycles. The summed E-state index contributed by atoms with van der Waals surface area (Å²) in [4.78, 5) is 46.7. The fourth-order valence-corrected chi connectivity index (χ4v) is 2.01. The standard InChI is InChI=1S/C17H19N3O6/c1-19-12(8-15(22)20(2)17(19)24)10-26-16(23)9-18-14(21)11-25-13-6-4-3-5-7-13/h3-8H,9-11H2,1-2H3,(H,18,21). The zero-order valence-corrected chi connectivity index (χ0v) is 14.4. The lowest BCUT2D eigenvalue weighted by Crippen LogP contribution is -2.38. The number of rotatable bonds is 7. The second kappa shape index (κ2) is 8.65. The van der Waals surface area contributed by atoms with Crippen LogP contribution in [0.1, 0.15) is 5.69 Å². The van der Waals surface area contributed by atoms with E-state index in [4.69, 9.17) is 9.47 Å². The molecular weight excluding hydrogens is 342 g/mol. The third-order valence-corrected chi connectivity index (χ3v) is 3.55. The minimum Gasteiger partial charge on any atom is -0.484 e. The van der Waals surface area contributed by atoms with Crippen LogP contribution < -0.4 is 21.3 Å². The van der Waals surface area contributed by atoms with Gasteiger partial charge in [0.1, 0.15) is 18.9 Å². The molecule has 138 valence electrons. The number of esters is 1. The van der Waals surface area contributed by atoms with E-state index in [2.05, 4.69) is 5.32 Å². The maximum Gasteiger partial charge on any atom is 0.330 e. The molecule has 1 amide bonds. The molecule has 0 saturated carbocycles. The minimum atomic E-state index is -0.703. The number of hydrogen-bond acceptors (Lipinski definition) is 6. The molecule has 1 aromatic carbocycles. The molecule has 9 nitrogen and oxygen atoms in total. The number of nitrogens with one attached hydrogen (secondary N) is 1. The fraction of sp³-hybridized carbons (Fsp3) is 0.294. The average Bonchev–Trinajstić information content (AvgIpc) is 2.65. The van der Waals surface area contributed by atoms with Crippen molar-refractivity contribution in [2.75, 3.05) is 13.2 Å². The van der Waals surface area contributed by atoms with Crippen molar-refractivity contribution in [2.24, 2.45) is 14.1 Å². The smallest absolute Gasteiger partial charge is 0.330 e. The molecule has 2 aromatic rings. The van der Waals surface area contributed by atoms with Crippen LogP contribution in [-0.4, -0.2) is 34.2 Å². The number of nitrogens with zero attached hydrogens (tertiary/aromatic N) is 2. The lowest BCUT2D eigenvalue weighted by molar-refractivity contribution is -0.145. The van der Waals surface area contributed by atoms with Crippen LogP contribution in [0, 0.1) is 0 Å². The maximum atomic E-state index is 11.8. The Morgan fingerprint density at radius 2 is 1.77 bits per heavy atom. The number of para-hydroxylation sites is 1. The van der Waals surface area contributed by atoms with Crippen molar-refractivity contribution in [2.45, 2.75) is 6.61 Å². The first-order valence-corrected chi connectivity index (χ1v) is 7.74. The highest BCUT2D eigenvalue weighted by molar-refractivity contribution is 5.82. The molecule has 0 bridgehead atoms. The van der Waals surface area contributed by atoms with Crippen LogP contribution >= 0.6 is 0 Å². The lowest BCUT2D eigenvalue weighted by Gasteiger charge is -2.10. The van der Waals surface area contributed by atoms with Gasteiger partial charge in [0, 0.05) is 20.2 Å². The van der Waals surface area contributed by atoms with E-state index in [1.165, 1.54) is 24.7 Å². The van der Waals surface area contributed by atoms with E-state index in [1.54, 1.807) is 24.3 Å². The molecule has 0 radical (unpaired) electrons. The predicted molar refractivity (Wildman–Crippen MR) is 91.7 cm³/mol. The number of ether oxygens (including phenoxy) is 2. The van der Waals surface area contributed by atoms with Gasteiger partial charge in [-0.25, -0.2) is 4.79 Å². The molecule has 0 spiro atoms. The van der Waals surface area contributed by atoms with Gasteiger partial charge in [-0.2, -0.15) is 0 Å². The van der Waals surface area contributed by atoms with Crippen LogP contribution in [0.3, 0.4) is 0 Å². The Morgan fingerprint density at radius 1 is 1.08 bits per heavy atom. The summed E-state index contributed by atoms with van der Waals surface area (Å²) in [6.45, 7) is -0.840. The molecule has 0 aliphatic rings. The number of amides is 1. The van der Waals surface area contributed by atoms with Gasteiger partial charge in [-0.05, 0) is 12.1 Å². The number of aromatic nitrogens is 2. The van der Waals surface area contributed by atoms with Crippen molar-refractivity contribution in [1.82, 2.24) is 14.5 Å². The van der Waals surface area contributed by atoms with Crippen LogP contribution in [0.5, 0.6) is 5.75 Å². The van der Waals surface area contributed by atoms with Crippen molar-refractivity contribution in [1.29, 1.82) is 0 Å². The average molecular weight is 361 g/mol. The summed E-state index contributed by atoms with van der Waals surface area (Å²) in [7, 11) is 2.82. The molecule has 0 unspecified atom stereocenters. The summed E-state index contributed by atoms with van der Waals surface area (Å²) in [5, 5.41) is 2.36. The Bertz CT molecular complexity index is 901. The molecule has 1 heterocycles. The summed E-state index contributed by atoms with van der Waals surface area (Å²) >= 11 is 0. The Hall–Kier alpha value is -3.36. The summed E-state index contributed by atoms with van der Waals surface area (Å²) in [6, 6.07) is 9.98. The number of carbonyl (C=O) groups is 2. The van der Waals surface area contributed by atoms with Crippen molar-refractivity contribution in [3.8, 4) is 5.75 Å². The molecule has 1 N–H and O–H groups in total. The van der Waals surface area contributed by atoms with Gasteiger partial charge in [0.05, 0.1) is 5.69 Å². The third kappa shape index (κ3) is 5.07. The number of hydrogen-bond donors (Lipinski definition) is 1. The Labute approximate surface area is 148 Å². The summed E-state index contributed by atoms with van der Waals surface area (Å²) in [5.41, 5.74) is -0.759. The van der Waals surface area contributed by atoms with E-state index >= 15 is 0 Å². The monoisotopic (exact) mass is 361 g/mol. The molecule has 0 aliphatic carbocycles. The van der Waals surface area contributed by atoms with Crippen molar-refractivity contribution in [3.05, 3.63) is 62.9 Å². The van der Waals surface area contributed by atoms with E-state index in [0.29, 0.717) is 5.75 Å². The third-order valence-electron chi connectivity index (χ3n) is 3.55. The van der Waals surface area contributed by atoms with Crippen LogP contribution in [0.4, 0.5) is 0 Å². The summed E-state index contributed by atoms with van der Waals surface area (Å²) in [6.07, 6.45) is 0. The Morgan fingerprint density at radius 3 is 2.46 bits per heavy atom. The highest BCUT2D eigenvalue weighted by atomic mass is 16.5. The Balaban J connectivity index is 1.78. The van der Waals surface area contributed by atoms with Crippen LogP contribution in [0.2, 0.25) is 0 Å². The number of carbonyl (C=O) groups excluding carboxylic acids is 2. The summed E-state index contributed by atoms with van der Waals surface area (Å²) in [5.74, 6) is -0.644. The zero-order valence-electron chi connectivity index (χ0n) is 14.4. The zero-order chi connectivity index (χ0) is 19.1. The largest absolute Gasteiger partial charge is 0.484 e. The molecule has 0 atom stereocenters. The van der Waals surface area contributed by atoms with Gasteiger partial charge in [0.25, 0.3) is 11.5 Å². The van der Waals surface area contributed by atoms with Gasteiger partial charge >= 0.3 is 11.7 Å². The van der Waals surface area contributed by atoms with Crippen LogP contribution in [-0.2, 0) is 35.0 Å². The van der Waals surface area contributed by atoms with E-state index in [1.807, 2.05) is 6.07 Å². The van der Waals surface area contributed by atoms with Gasteiger partial charge in [-0.3, -0.25) is 23.5 Å². The van der Waals surface area contributed by atoms with Crippen molar-refractivity contribution in [3.63, 3.8) is 0 Å². The fourth-order valence-electron chi connectivity index (χ4n) is 2.01. The minimum absolute atomic E-state index is 0.236. The SMILES string of the molecule is Cn1c(COC(=O)CNC(=O)COc2ccccc2)cc(=O)n(C)c1=O. The van der Waals surface area contributed by atoms with Gasteiger partial charge < -0.3 is 14.8 Å². The molecule has 26 heavy (non-hydrogen) atoms. The second-order valence-electron chi connectivity index (χ2n) is 5.41.